The highest BCUT2D eigenvalue weighted by Crippen LogP contribution is 2.36. The standard InChI is InChI=1S/C23H25ClF4N8O2/c1-30-20-14(23(26,27)28)9-31-22(34-20)33-17-10-32-36(19(17)24)18-5-6-35(11-15(18)25)13-4-2-3-12(7-13)8-16(29)21(37)38/h2-4,7,9-10,15-16,18H,5-6,8,11,29H2,1H3,(H,37,38)(H2,30,31,33,34)/t15-,16-,18-/m0/s1. The van der Waals surface area contributed by atoms with Crippen LogP contribution in [-0.2, 0) is 17.4 Å². The van der Waals surface area contributed by atoms with E-state index in [1.165, 1.54) is 17.9 Å². The van der Waals surface area contributed by atoms with Crippen LogP contribution in [0.2, 0.25) is 5.15 Å². The van der Waals surface area contributed by atoms with Crippen molar-refractivity contribution in [3.05, 3.63) is 52.9 Å². The summed E-state index contributed by atoms with van der Waals surface area (Å²) in [5, 5.41) is 18.4. The van der Waals surface area contributed by atoms with Gasteiger partial charge >= 0.3 is 12.1 Å². The number of rotatable bonds is 8. The lowest BCUT2D eigenvalue weighted by atomic mass is 10.0. The maximum Gasteiger partial charge on any atom is 0.421 e. The number of carboxylic acid groups (broad SMARTS) is 1. The van der Waals surface area contributed by atoms with Gasteiger partial charge in [-0.1, -0.05) is 23.7 Å². The molecule has 0 spiro atoms. The first-order valence-electron chi connectivity index (χ1n) is 11.6. The molecule has 1 aliphatic rings. The fourth-order valence-corrected chi connectivity index (χ4v) is 4.51. The number of benzene rings is 1. The Morgan fingerprint density at radius 3 is 2.76 bits per heavy atom. The first-order valence-corrected chi connectivity index (χ1v) is 11.9. The highest BCUT2D eigenvalue weighted by molar-refractivity contribution is 6.32. The maximum absolute atomic E-state index is 15.3. The van der Waals surface area contributed by atoms with Crippen LogP contribution in [0.15, 0.2) is 36.7 Å². The van der Waals surface area contributed by atoms with Crippen molar-refractivity contribution in [2.75, 3.05) is 35.7 Å². The highest BCUT2D eigenvalue weighted by atomic mass is 35.5. The molecule has 10 nitrogen and oxygen atoms in total. The van der Waals surface area contributed by atoms with Crippen molar-refractivity contribution in [3.63, 3.8) is 0 Å². The predicted octanol–water partition coefficient (Wildman–Crippen LogP) is 3.87. The van der Waals surface area contributed by atoms with E-state index in [0.717, 1.165) is 11.3 Å². The Bertz CT molecular complexity index is 1300. The average Bonchev–Trinajstić information content (AvgIpc) is 3.22. The van der Waals surface area contributed by atoms with Gasteiger partial charge in [0.1, 0.15) is 23.6 Å². The van der Waals surface area contributed by atoms with E-state index in [1.54, 1.807) is 18.2 Å². The number of alkyl halides is 4. The van der Waals surface area contributed by atoms with Gasteiger partial charge in [-0.15, -0.1) is 0 Å². The topological polar surface area (TPSA) is 134 Å². The number of carbonyl (C=O) groups is 1. The zero-order valence-electron chi connectivity index (χ0n) is 20.1. The lowest BCUT2D eigenvalue weighted by molar-refractivity contribution is -0.139. The van der Waals surface area contributed by atoms with Gasteiger partial charge in [0.25, 0.3) is 0 Å². The predicted molar refractivity (Wildman–Crippen MR) is 134 cm³/mol. The summed E-state index contributed by atoms with van der Waals surface area (Å²) >= 11 is 6.45. The van der Waals surface area contributed by atoms with Crippen molar-refractivity contribution in [2.24, 2.45) is 5.73 Å². The lowest BCUT2D eigenvalue weighted by Gasteiger charge is -2.36. The van der Waals surface area contributed by atoms with Gasteiger partial charge < -0.3 is 26.4 Å². The van der Waals surface area contributed by atoms with E-state index < -0.39 is 41.8 Å². The summed E-state index contributed by atoms with van der Waals surface area (Å²) < 4.78 is 56.0. The van der Waals surface area contributed by atoms with Crippen LogP contribution in [0.4, 0.5) is 40.7 Å². The molecule has 204 valence electrons. The van der Waals surface area contributed by atoms with Gasteiger partial charge in [-0.05, 0) is 30.5 Å². The largest absolute Gasteiger partial charge is 0.480 e. The van der Waals surface area contributed by atoms with Crippen molar-refractivity contribution >= 4 is 40.7 Å². The molecule has 1 aliphatic heterocycles. The quantitative estimate of drug-likeness (QED) is 0.305. The number of hydrogen-bond acceptors (Lipinski definition) is 8. The minimum Gasteiger partial charge on any atom is -0.480 e. The Morgan fingerprint density at radius 1 is 1.34 bits per heavy atom. The van der Waals surface area contributed by atoms with Crippen molar-refractivity contribution in [3.8, 4) is 0 Å². The summed E-state index contributed by atoms with van der Waals surface area (Å²) in [6, 6.07) is 5.43. The number of nitrogens with two attached hydrogens (primary N) is 1. The molecule has 38 heavy (non-hydrogen) atoms. The number of aromatic nitrogens is 4. The summed E-state index contributed by atoms with van der Waals surface area (Å²) in [5.41, 5.74) is 6.30. The average molecular weight is 557 g/mol. The molecule has 4 rings (SSSR count). The number of anilines is 4. The van der Waals surface area contributed by atoms with Gasteiger partial charge in [-0.3, -0.25) is 4.79 Å². The molecule has 1 fully saturated rings. The van der Waals surface area contributed by atoms with Gasteiger partial charge in [0, 0.05) is 25.5 Å². The second-order valence-electron chi connectivity index (χ2n) is 8.76. The van der Waals surface area contributed by atoms with Crippen LogP contribution >= 0.6 is 11.6 Å². The number of carboxylic acids is 1. The number of hydrogen-bond donors (Lipinski definition) is 4. The van der Waals surface area contributed by atoms with E-state index in [4.69, 9.17) is 22.4 Å². The third kappa shape index (κ3) is 5.91. The first kappa shape index (κ1) is 27.4. The summed E-state index contributed by atoms with van der Waals surface area (Å²) in [4.78, 5) is 20.4. The maximum atomic E-state index is 15.3. The van der Waals surface area contributed by atoms with Crippen LogP contribution in [0.25, 0.3) is 0 Å². The monoisotopic (exact) mass is 556 g/mol. The second-order valence-corrected chi connectivity index (χ2v) is 9.12. The molecule has 1 aromatic carbocycles. The van der Waals surface area contributed by atoms with E-state index in [1.807, 2.05) is 11.0 Å². The van der Waals surface area contributed by atoms with Crippen molar-refractivity contribution < 1.29 is 27.5 Å². The zero-order valence-corrected chi connectivity index (χ0v) is 20.8. The number of piperidine rings is 1. The van der Waals surface area contributed by atoms with E-state index >= 15 is 4.39 Å². The molecule has 0 bridgehead atoms. The van der Waals surface area contributed by atoms with Crippen LogP contribution in [0, 0.1) is 0 Å². The number of aliphatic carboxylic acids is 1. The summed E-state index contributed by atoms with van der Waals surface area (Å²) in [5.74, 6) is -1.65. The molecule has 0 saturated carbocycles. The molecule has 3 heterocycles. The molecule has 0 unspecified atom stereocenters. The highest BCUT2D eigenvalue weighted by Gasteiger charge is 2.36. The molecular formula is C23H25ClF4N8O2. The van der Waals surface area contributed by atoms with Gasteiger partial charge in [0.05, 0.1) is 24.5 Å². The van der Waals surface area contributed by atoms with Crippen molar-refractivity contribution in [1.82, 2.24) is 19.7 Å². The van der Waals surface area contributed by atoms with E-state index in [9.17, 15) is 18.0 Å². The van der Waals surface area contributed by atoms with Crippen LogP contribution in [0.5, 0.6) is 0 Å². The molecule has 3 aromatic rings. The Hall–Kier alpha value is -3.65. The van der Waals surface area contributed by atoms with Gasteiger partial charge in [0.15, 0.2) is 5.15 Å². The Labute approximate surface area is 219 Å². The first-order chi connectivity index (χ1) is 18.0. The minimum atomic E-state index is -4.63. The molecular weight excluding hydrogens is 532 g/mol. The minimum absolute atomic E-state index is 0.0472. The summed E-state index contributed by atoms with van der Waals surface area (Å²) in [6.45, 7) is 0.525. The molecule has 15 heteroatoms. The molecule has 5 N–H and O–H groups in total. The fourth-order valence-electron chi connectivity index (χ4n) is 4.25. The van der Waals surface area contributed by atoms with Crippen LogP contribution in [0.1, 0.15) is 23.6 Å². The van der Waals surface area contributed by atoms with Crippen molar-refractivity contribution in [2.45, 2.75) is 37.3 Å². The SMILES string of the molecule is CNc1nc(Nc2cnn([C@H]3CCN(c4cccc(C[C@H](N)C(=O)O)c4)C[C@@H]3F)c2Cl)ncc1C(F)(F)F. The molecule has 1 saturated heterocycles. The zero-order chi connectivity index (χ0) is 27.6. The van der Waals surface area contributed by atoms with Crippen LogP contribution in [0.3, 0.4) is 0 Å². The molecule has 0 aliphatic carbocycles. The molecule has 0 radical (unpaired) electrons. The van der Waals surface area contributed by atoms with Gasteiger partial charge in [-0.25, -0.2) is 14.1 Å². The van der Waals surface area contributed by atoms with E-state index in [2.05, 4.69) is 25.7 Å². The Balaban J connectivity index is 1.45. The second kappa shape index (κ2) is 11.0. The summed E-state index contributed by atoms with van der Waals surface area (Å²) in [7, 11) is 1.31. The van der Waals surface area contributed by atoms with Gasteiger partial charge in [0.2, 0.25) is 5.95 Å². The summed E-state index contributed by atoms with van der Waals surface area (Å²) in [6.07, 6.45) is -3.49. The molecule has 3 atom stereocenters. The normalized spacial score (nSPS) is 18.8. The number of halogens is 5. The third-order valence-corrected chi connectivity index (χ3v) is 6.56. The smallest absolute Gasteiger partial charge is 0.421 e. The van der Waals surface area contributed by atoms with Crippen LogP contribution < -0.4 is 21.3 Å². The van der Waals surface area contributed by atoms with Gasteiger partial charge in [-0.2, -0.15) is 23.3 Å². The van der Waals surface area contributed by atoms with Crippen molar-refractivity contribution in [1.29, 1.82) is 0 Å². The van der Waals surface area contributed by atoms with E-state index in [-0.39, 0.29) is 29.8 Å². The number of nitrogens with one attached hydrogen (secondary N) is 2. The van der Waals surface area contributed by atoms with Crippen LogP contribution in [-0.4, -0.2) is 63.2 Å². The molecule has 2 aromatic heterocycles. The Morgan fingerprint density at radius 2 is 2.11 bits per heavy atom. The fraction of sp³-hybridized carbons (Fsp3) is 0.391. The molecule has 0 amide bonds. The number of nitrogens with zero attached hydrogens (tertiary/aromatic N) is 5. The lowest BCUT2D eigenvalue weighted by Crippen LogP contribution is -2.43. The Kier molecular flexibility index (Phi) is 7.92. The third-order valence-electron chi connectivity index (χ3n) is 6.18. The van der Waals surface area contributed by atoms with E-state index in [0.29, 0.717) is 19.2 Å².